The number of amides is 1. The second-order valence-electron chi connectivity index (χ2n) is 6.64. The van der Waals surface area contributed by atoms with E-state index in [2.05, 4.69) is 5.32 Å². The monoisotopic (exact) mass is 359 g/mol. The maximum atomic E-state index is 11.8. The van der Waals surface area contributed by atoms with Gasteiger partial charge < -0.3 is 23.9 Å². The highest BCUT2D eigenvalue weighted by Crippen LogP contribution is 2.30. The van der Waals surface area contributed by atoms with Crippen LogP contribution in [-0.4, -0.2) is 37.6 Å². The standard InChI is InChI=1S/C19H21NO6/c1-3-11-8-16(21)25-17-10(2)14(5-4-12(11)17)24-9-15-18-13(6-7-23-15)20-19(22)26-18/h4-5,8,13,15,18H,3,6-7,9H2,1-2H3,(H,20,22)/t13-,15+,18-/m0/s1. The van der Waals surface area contributed by atoms with Crippen molar-refractivity contribution in [2.24, 2.45) is 0 Å². The van der Waals surface area contributed by atoms with Gasteiger partial charge in [0.2, 0.25) is 0 Å². The molecule has 1 amide bonds. The molecule has 2 saturated heterocycles. The molecule has 0 spiro atoms. The summed E-state index contributed by atoms with van der Waals surface area (Å²) in [5, 5.41) is 3.71. The smallest absolute Gasteiger partial charge is 0.407 e. The maximum absolute atomic E-state index is 11.8. The van der Waals surface area contributed by atoms with E-state index in [4.69, 9.17) is 18.6 Å². The van der Waals surface area contributed by atoms with Gasteiger partial charge in [0.25, 0.3) is 0 Å². The lowest BCUT2D eigenvalue weighted by Crippen LogP contribution is -2.48. The molecule has 2 aliphatic rings. The zero-order valence-corrected chi connectivity index (χ0v) is 14.7. The van der Waals surface area contributed by atoms with Crippen molar-refractivity contribution >= 4 is 17.1 Å². The van der Waals surface area contributed by atoms with Crippen LogP contribution in [0.3, 0.4) is 0 Å². The first kappa shape index (κ1) is 16.9. The van der Waals surface area contributed by atoms with Gasteiger partial charge in [0.15, 0.2) is 6.10 Å². The average molecular weight is 359 g/mol. The number of rotatable bonds is 4. The molecule has 3 heterocycles. The lowest BCUT2D eigenvalue weighted by Gasteiger charge is -2.31. The van der Waals surface area contributed by atoms with Crippen LogP contribution < -0.4 is 15.7 Å². The Morgan fingerprint density at radius 3 is 2.96 bits per heavy atom. The summed E-state index contributed by atoms with van der Waals surface area (Å²) in [4.78, 5) is 23.3. The van der Waals surface area contributed by atoms with Gasteiger partial charge in [-0.1, -0.05) is 6.92 Å². The Balaban J connectivity index is 1.57. The Hall–Kier alpha value is -2.54. The van der Waals surface area contributed by atoms with Crippen LogP contribution in [-0.2, 0) is 15.9 Å². The number of alkyl carbamates (subject to hydrolysis) is 1. The molecule has 0 bridgehead atoms. The van der Waals surface area contributed by atoms with Crippen molar-refractivity contribution in [3.05, 3.63) is 39.7 Å². The summed E-state index contributed by atoms with van der Waals surface area (Å²) in [6, 6.07) is 5.27. The molecule has 0 saturated carbocycles. The fourth-order valence-corrected chi connectivity index (χ4v) is 3.66. The molecule has 1 aromatic heterocycles. The van der Waals surface area contributed by atoms with E-state index in [-0.39, 0.29) is 30.5 Å². The van der Waals surface area contributed by atoms with Crippen molar-refractivity contribution in [1.82, 2.24) is 5.32 Å². The molecular weight excluding hydrogens is 338 g/mol. The number of carbonyl (C=O) groups is 1. The molecule has 138 valence electrons. The summed E-state index contributed by atoms with van der Waals surface area (Å²) < 4.78 is 22.4. The predicted octanol–water partition coefficient (Wildman–Crippen LogP) is 2.31. The van der Waals surface area contributed by atoms with E-state index in [0.29, 0.717) is 17.9 Å². The van der Waals surface area contributed by atoms with Crippen LogP contribution in [0.2, 0.25) is 0 Å². The molecule has 0 unspecified atom stereocenters. The van der Waals surface area contributed by atoms with Gasteiger partial charge in [-0.3, -0.25) is 0 Å². The molecule has 7 heteroatoms. The van der Waals surface area contributed by atoms with Crippen molar-refractivity contribution in [1.29, 1.82) is 0 Å². The third-order valence-corrected chi connectivity index (χ3v) is 5.05. The van der Waals surface area contributed by atoms with Crippen molar-refractivity contribution < 1.29 is 23.4 Å². The lowest BCUT2D eigenvalue weighted by atomic mass is 10.0. The number of carbonyl (C=O) groups excluding carboxylic acids is 1. The Bertz CT molecular complexity index is 905. The molecular formula is C19H21NO6. The van der Waals surface area contributed by atoms with Gasteiger partial charge in [-0.2, -0.15) is 0 Å². The van der Waals surface area contributed by atoms with E-state index >= 15 is 0 Å². The van der Waals surface area contributed by atoms with Gasteiger partial charge in [0.1, 0.15) is 24.0 Å². The summed E-state index contributed by atoms with van der Waals surface area (Å²) in [7, 11) is 0. The van der Waals surface area contributed by atoms with E-state index in [0.717, 1.165) is 29.4 Å². The Morgan fingerprint density at radius 2 is 2.15 bits per heavy atom. The van der Waals surface area contributed by atoms with Crippen LogP contribution in [0.25, 0.3) is 11.0 Å². The largest absolute Gasteiger partial charge is 0.490 e. The number of ether oxygens (including phenoxy) is 3. The van der Waals surface area contributed by atoms with E-state index in [1.807, 2.05) is 26.0 Å². The third kappa shape index (κ3) is 2.92. The van der Waals surface area contributed by atoms with Crippen LogP contribution in [0.4, 0.5) is 4.79 Å². The van der Waals surface area contributed by atoms with Crippen LogP contribution >= 0.6 is 0 Å². The van der Waals surface area contributed by atoms with Crippen LogP contribution in [0.5, 0.6) is 5.75 Å². The molecule has 1 aromatic carbocycles. The Labute approximate surface area is 150 Å². The zero-order valence-electron chi connectivity index (χ0n) is 14.7. The molecule has 26 heavy (non-hydrogen) atoms. The van der Waals surface area contributed by atoms with Gasteiger partial charge in [-0.25, -0.2) is 9.59 Å². The number of hydrogen-bond acceptors (Lipinski definition) is 6. The fourth-order valence-electron chi connectivity index (χ4n) is 3.66. The Kier molecular flexibility index (Phi) is 4.32. The molecule has 4 rings (SSSR count). The summed E-state index contributed by atoms with van der Waals surface area (Å²) in [5.41, 5.74) is 1.90. The predicted molar refractivity (Wildman–Crippen MR) is 93.6 cm³/mol. The normalized spacial score (nSPS) is 24.8. The van der Waals surface area contributed by atoms with Gasteiger partial charge in [-0.15, -0.1) is 0 Å². The number of nitrogens with one attached hydrogen (secondary N) is 1. The van der Waals surface area contributed by atoms with Gasteiger partial charge >= 0.3 is 11.7 Å². The first-order chi connectivity index (χ1) is 12.6. The number of aryl methyl sites for hydroxylation is 2. The second kappa shape index (κ2) is 6.64. The first-order valence-corrected chi connectivity index (χ1v) is 8.84. The second-order valence-corrected chi connectivity index (χ2v) is 6.64. The third-order valence-electron chi connectivity index (χ3n) is 5.05. The van der Waals surface area contributed by atoms with E-state index < -0.39 is 6.09 Å². The number of benzene rings is 1. The van der Waals surface area contributed by atoms with Crippen molar-refractivity contribution in [2.75, 3.05) is 13.2 Å². The SMILES string of the molecule is CCc1cc(=O)oc2c(C)c(OC[C@H]3OCC[C@@H]4NC(=O)O[C@@H]43)ccc12. The average Bonchev–Trinajstić information content (AvgIpc) is 3.01. The summed E-state index contributed by atoms with van der Waals surface area (Å²) in [5.74, 6) is 0.622. The maximum Gasteiger partial charge on any atom is 0.407 e. The van der Waals surface area contributed by atoms with Gasteiger partial charge in [-0.05, 0) is 37.5 Å². The number of hydrogen-bond donors (Lipinski definition) is 1. The van der Waals surface area contributed by atoms with Crippen LogP contribution in [0.1, 0.15) is 24.5 Å². The topological polar surface area (TPSA) is 87.0 Å². The molecule has 0 aliphatic carbocycles. The van der Waals surface area contributed by atoms with Crippen LogP contribution in [0, 0.1) is 6.92 Å². The molecule has 1 N–H and O–H groups in total. The lowest BCUT2D eigenvalue weighted by molar-refractivity contribution is -0.0849. The molecule has 0 radical (unpaired) electrons. The summed E-state index contributed by atoms with van der Waals surface area (Å²) >= 11 is 0. The minimum absolute atomic E-state index is 0.0346. The van der Waals surface area contributed by atoms with E-state index in [1.54, 1.807) is 0 Å². The van der Waals surface area contributed by atoms with Gasteiger partial charge in [0, 0.05) is 23.6 Å². The fraction of sp³-hybridized carbons (Fsp3) is 0.474. The quantitative estimate of drug-likeness (QED) is 0.843. The minimum Gasteiger partial charge on any atom is -0.490 e. The number of fused-ring (bicyclic) bond motifs is 2. The highest BCUT2D eigenvalue weighted by molar-refractivity contribution is 5.84. The van der Waals surface area contributed by atoms with Crippen molar-refractivity contribution in [3.8, 4) is 5.75 Å². The van der Waals surface area contributed by atoms with Crippen molar-refractivity contribution in [3.63, 3.8) is 0 Å². The van der Waals surface area contributed by atoms with Crippen molar-refractivity contribution in [2.45, 2.75) is 44.9 Å². The zero-order chi connectivity index (χ0) is 18.3. The molecule has 2 fully saturated rings. The Morgan fingerprint density at radius 1 is 1.31 bits per heavy atom. The molecule has 2 aromatic rings. The van der Waals surface area contributed by atoms with Gasteiger partial charge in [0.05, 0.1) is 6.04 Å². The van der Waals surface area contributed by atoms with E-state index in [1.165, 1.54) is 6.07 Å². The molecule has 3 atom stereocenters. The minimum atomic E-state index is -0.411. The highest BCUT2D eigenvalue weighted by Gasteiger charge is 2.43. The first-order valence-electron chi connectivity index (χ1n) is 8.84. The summed E-state index contributed by atoms with van der Waals surface area (Å²) in [6.07, 6.45) is 0.385. The van der Waals surface area contributed by atoms with E-state index in [9.17, 15) is 9.59 Å². The highest BCUT2D eigenvalue weighted by atomic mass is 16.6. The molecule has 7 nitrogen and oxygen atoms in total. The summed E-state index contributed by atoms with van der Waals surface area (Å²) in [6.45, 7) is 4.66. The van der Waals surface area contributed by atoms with Crippen LogP contribution in [0.15, 0.2) is 27.4 Å². The molecule has 2 aliphatic heterocycles.